The molecule has 0 amide bonds. The van der Waals surface area contributed by atoms with Crippen LogP contribution in [0.15, 0.2) is 18.2 Å². The van der Waals surface area contributed by atoms with E-state index in [0.29, 0.717) is 22.4 Å². The molecule has 0 bridgehead atoms. The summed E-state index contributed by atoms with van der Waals surface area (Å²) in [6, 6.07) is 5.24. The number of halogens is 2. The molecule has 2 N–H and O–H groups in total. The van der Waals surface area contributed by atoms with Gasteiger partial charge in [0.05, 0.1) is 5.02 Å². The van der Waals surface area contributed by atoms with E-state index in [1.165, 1.54) is 0 Å². The normalized spacial score (nSPS) is 12.6. The molecule has 72 valence electrons. The van der Waals surface area contributed by atoms with Crippen LogP contribution < -0.4 is 10.5 Å². The van der Waals surface area contributed by atoms with Crippen molar-refractivity contribution in [3.63, 3.8) is 0 Å². The number of nitrogens with two attached hydrogens (primary N) is 1. The summed E-state index contributed by atoms with van der Waals surface area (Å²) >= 11 is 11.7. The molecule has 0 spiro atoms. The van der Waals surface area contributed by atoms with Crippen LogP contribution in [-0.2, 0) is 0 Å². The molecule has 13 heavy (non-hydrogen) atoms. The molecule has 0 aliphatic heterocycles. The number of benzene rings is 1. The Morgan fingerprint density at radius 3 is 2.77 bits per heavy atom. The molecule has 1 aromatic rings. The van der Waals surface area contributed by atoms with Gasteiger partial charge in [-0.25, -0.2) is 0 Å². The largest absolute Gasteiger partial charge is 0.490 e. The van der Waals surface area contributed by atoms with Crippen molar-refractivity contribution in [3.05, 3.63) is 28.2 Å². The first-order valence-electron chi connectivity index (χ1n) is 3.93. The van der Waals surface area contributed by atoms with Crippen molar-refractivity contribution < 1.29 is 4.74 Å². The SMILES string of the molecule is C[C@@H](N)COc1cccc(Cl)c1Cl. The summed E-state index contributed by atoms with van der Waals surface area (Å²) in [7, 11) is 0. The lowest BCUT2D eigenvalue weighted by molar-refractivity contribution is 0.296. The van der Waals surface area contributed by atoms with E-state index < -0.39 is 0 Å². The monoisotopic (exact) mass is 219 g/mol. The second kappa shape index (κ2) is 4.70. The van der Waals surface area contributed by atoms with Gasteiger partial charge in [0.15, 0.2) is 0 Å². The lowest BCUT2D eigenvalue weighted by atomic mass is 10.3. The maximum Gasteiger partial charge on any atom is 0.139 e. The third-order valence-corrected chi connectivity index (χ3v) is 2.22. The third-order valence-electron chi connectivity index (χ3n) is 1.42. The van der Waals surface area contributed by atoms with Gasteiger partial charge in [-0.15, -0.1) is 0 Å². The van der Waals surface area contributed by atoms with E-state index in [1.54, 1.807) is 18.2 Å². The predicted octanol–water partition coefficient (Wildman–Crippen LogP) is 2.72. The second-order valence-corrected chi connectivity index (χ2v) is 3.63. The highest BCUT2D eigenvalue weighted by atomic mass is 35.5. The molecule has 4 heteroatoms. The molecule has 0 aliphatic carbocycles. The second-order valence-electron chi connectivity index (χ2n) is 2.84. The molecule has 1 atom stereocenters. The smallest absolute Gasteiger partial charge is 0.139 e. The van der Waals surface area contributed by atoms with Crippen molar-refractivity contribution in [2.45, 2.75) is 13.0 Å². The van der Waals surface area contributed by atoms with Crippen molar-refractivity contribution in [3.8, 4) is 5.75 Å². The molecular formula is C9H11Cl2NO. The van der Waals surface area contributed by atoms with Crippen molar-refractivity contribution in [2.24, 2.45) is 5.73 Å². The van der Waals surface area contributed by atoms with E-state index in [4.69, 9.17) is 33.7 Å². The van der Waals surface area contributed by atoms with E-state index in [2.05, 4.69) is 0 Å². The fourth-order valence-electron chi connectivity index (χ4n) is 0.817. The maximum atomic E-state index is 5.88. The summed E-state index contributed by atoms with van der Waals surface area (Å²) in [4.78, 5) is 0. The van der Waals surface area contributed by atoms with Crippen LogP contribution >= 0.6 is 23.2 Å². The summed E-state index contributed by atoms with van der Waals surface area (Å²) in [6.45, 7) is 2.29. The Morgan fingerprint density at radius 1 is 1.46 bits per heavy atom. The van der Waals surface area contributed by atoms with Gasteiger partial charge in [0.1, 0.15) is 17.4 Å². The van der Waals surface area contributed by atoms with Crippen LogP contribution in [0.5, 0.6) is 5.75 Å². The third kappa shape index (κ3) is 3.07. The number of hydrogen-bond donors (Lipinski definition) is 1. The predicted molar refractivity (Wildman–Crippen MR) is 55.6 cm³/mol. The van der Waals surface area contributed by atoms with Gasteiger partial charge in [-0.2, -0.15) is 0 Å². The molecule has 1 aromatic carbocycles. The molecule has 0 radical (unpaired) electrons. The average Bonchev–Trinajstić information content (AvgIpc) is 2.07. The van der Waals surface area contributed by atoms with Crippen LogP contribution in [0.3, 0.4) is 0 Å². The van der Waals surface area contributed by atoms with Crippen LogP contribution in [-0.4, -0.2) is 12.6 Å². The zero-order chi connectivity index (χ0) is 9.84. The molecule has 0 aromatic heterocycles. The molecule has 2 nitrogen and oxygen atoms in total. The number of rotatable bonds is 3. The van der Waals surface area contributed by atoms with Gasteiger partial charge in [-0.05, 0) is 19.1 Å². The van der Waals surface area contributed by atoms with Crippen molar-refractivity contribution in [2.75, 3.05) is 6.61 Å². The van der Waals surface area contributed by atoms with Crippen molar-refractivity contribution in [1.82, 2.24) is 0 Å². The van der Waals surface area contributed by atoms with Crippen molar-refractivity contribution >= 4 is 23.2 Å². The van der Waals surface area contributed by atoms with Gasteiger partial charge in [-0.1, -0.05) is 29.3 Å². The highest BCUT2D eigenvalue weighted by Crippen LogP contribution is 2.31. The topological polar surface area (TPSA) is 35.2 Å². The lowest BCUT2D eigenvalue weighted by Crippen LogP contribution is -2.23. The van der Waals surface area contributed by atoms with Crippen LogP contribution in [0.25, 0.3) is 0 Å². The molecule has 1 rings (SSSR count). The van der Waals surface area contributed by atoms with Crippen LogP contribution in [0.1, 0.15) is 6.92 Å². The van der Waals surface area contributed by atoms with E-state index in [0.717, 1.165) is 0 Å². The Morgan fingerprint density at radius 2 is 2.15 bits per heavy atom. The first-order valence-corrected chi connectivity index (χ1v) is 4.69. The van der Waals surface area contributed by atoms with Crippen LogP contribution in [0.4, 0.5) is 0 Å². The summed E-state index contributed by atoms with van der Waals surface area (Å²) in [6.07, 6.45) is 0. The van der Waals surface area contributed by atoms with Crippen LogP contribution in [0.2, 0.25) is 10.0 Å². The Hall–Kier alpha value is -0.440. The maximum absolute atomic E-state index is 5.88. The molecule has 0 saturated heterocycles. The summed E-state index contributed by atoms with van der Waals surface area (Å²) in [5.41, 5.74) is 5.53. The van der Waals surface area contributed by atoms with Gasteiger partial charge in [-0.3, -0.25) is 0 Å². The molecule has 0 saturated carbocycles. The molecule has 0 unspecified atom stereocenters. The molecule has 0 fully saturated rings. The Bertz CT molecular complexity index is 289. The minimum atomic E-state index is -0.0185. The molecule has 0 heterocycles. The Kier molecular flexibility index (Phi) is 3.85. The van der Waals surface area contributed by atoms with Crippen LogP contribution in [0, 0.1) is 0 Å². The highest BCUT2D eigenvalue weighted by molar-refractivity contribution is 6.42. The van der Waals surface area contributed by atoms with E-state index in [1.807, 2.05) is 6.92 Å². The zero-order valence-corrected chi connectivity index (χ0v) is 8.77. The van der Waals surface area contributed by atoms with E-state index >= 15 is 0 Å². The number of hydrogen-bond acceptors (Lipinski definition) is 2. The van der Waals surface area contributed by atoms with Gasteiger partial charge >= 0.3 is 0 Å². The minimum Gasteiger partial charge on any atom is -0.490 e. The highest BCUT2D eigenvalue weighted by Gasteiger charge is 2.05. The lowest BCUT2D eigenvalue weighted by Gasteiger charge is -2.10. The first-order chi connectivity index (χ1) is 6.11. The van der Waals surface area contributed by atoms with Gasteiger partial charge in [0.25, 0.3) is 0 Å². The average molecular weight is 220 g/mol. The van der Waals surface area contributed by atoms with Gasteiger partial charge < -0.3 is 10.5 Å². The Labute approximate surface area is 87.6 Å². The fraction of sp³-hybridized carbons (Fsp3) is 0.333. The standard InChI is InChI=1S/C9H11Cl2NO/c1-6(12)5-13-8-4-2-3-7(10)9(8)11/h2-4,6H,5,12H2,1H3/t6-/m1/s1. The molecule has 0 aliphatic rings. The number of ether oxygens (including phenoxy) is 1. The van der Waals surface area contributed by atoms with E-state index in [-0.39, 0.29) is 6.04 Å². The summed E-state index contributed by atoms with van der Waals surface area (Å²) in [5, 5.41) is 0.925. The first kappa shape index (κ1) is 10.6. The quantitative estimate of drug-likeness (QED) is 0.849. The summed E-state index contributed by atoms with van der Waals surface area (Å²) in [5.74, 6) is 0.575. The minimum absolute atomic E-state index is 0.0185. The van der Waals surface area contributed by atoms with Gasteiger partial charge in [0.2, 0.25) is 0 Å². The Balaban J connectivity index is 2.71. The van der Waals surface area contributed by atoms with Crippen molar-refractivity contribution in [1.29, 1.82) is 0 Å². The fourth-order valence-corrected chi connectivity index (χ4v) is 1.16. The zero-order valence-electron chi connectivity index (χ0n) is 7.26. The summed E-state index contributed by atoms with van der Waals surface area (Å²) < 4.78 is 5.34. The van der Waals surface area contributed by atoms with Gasteiger partial charge in [0, 0.05) is 6.04 Å². The van der Waals surface area contributed by atoms with E-state index in [9.17, 15) is 0 Å². The molecular weight excluding hydrogens is 209 g/mol.